The highest BCUT2D eigenvalue weighted by atomic mass is 19.2. The zero-order valence-electron chi connectivity index (χ0n) is 8.70. The predicted molar refractivity (Wildman–Crippen MR) is 52.9 cm³/mol. The van der Waals surface area contributed by atoms with Gasteiger partial charge in [0.15, 0.2) is 11.6 Å². The Bertz CT molecular complexity index is 413. The second-order valence-corrected chi connectivity index (χ2v) is 3.34. The van der Waals surface area contributed by atoms with Crippen molar-refractivity contribution < 1.29 is 18.6 Å². The van der Waals surface area contributed by atoms with Gasteiger partial charge in [0.05, 0.1) is 18.3 Å². The van der Waals surface area contributed by atoms with Crippen LogP contribution < -0.4 is 4.74 Å². The number of hydrogen-bond acceptors (Lipinski definition) is 3. The van der Waals surface area contributed by atoms with Crippen LogP contribution in [0.5, 0.6) is 5.75 Å². The number of ether oxygens (including phenoxy) is 1. The van der Waals surface area contributed by atoms with Gasteiger partial charge in [-0.2, -0.15) is 9.65 Å². The van der Waals surface area contributed by atoms with Crippen LogP contribution in [0.4, 0.5) is 8.78 Å². The summed E-state index contributed by atoms with van der Waals surface area (Å²) in [5, 5.41) is 17.4. The Morgan fingerprint density at radius 1 is 1.44 bits per heavy atom. The van der Waals surface area contributed by atoms with Gasteiger partial charge in [0.1, 0.15) is 6.07 Å². The lowest BCUT2D eigenvalue weighted by molar-refractivity contribution is 0.153. The Kier molecular flexibility index (Phi) is 4.20. The fourth-order valence-electron chi connectivity index (χ4n) is 1.07. The first kappa shape index (κ1) is 12.4. The van der Waals surface area contributed by atoms with E-state index in [1.165, 1.54) is 12.1 Å². The molecule has 0 aliphatic rings. The third kappa shape index (κ3) is 2.91. The molecule has 0 aliphatic carbocycles. The van der Waals surface area contributed by atoms with Gasteiger partial charge in [-0.25, -0.2) is 4.39 Å². The largest absolute Gasteiger partial charge is 0.490 e. The van der Waals surface area contributed by atoms with Crippen LogP contribution in [0.1, 0.15) is 18.9 Å². The molecule has 0 radical (unpaired) electrons. The Morgan fingerprint density at radius 3 is 2.69 bits per heavy atom. The van der Waals surface area contributed by atoms with Crippen LogP contribution in [0.3, 0.4) is 0 Å². The van der Waals surface area contributed by atoms with E-state index in [-0.39, 0.29) is 17.9 Å². The van der Waals surface area contributed by atoms with Crippen molar-refractivity contribution in [1.82, 2.24) is 0 Å². The fraction of sp³-hybridized carbons (Fsp3) is 0.364. The van der Waals surface area contributed by atoms with Crippen molar-refractivity contribution >= 4 is 0 Å². The van der Waals surface area contributed by atoms with Gasteiger partial charge in [0, 0.05) is 6.42 Å². The van der Waals surface area contributed by atoms with Crippen molar-refractivity contribution in [2.24, 2.45) is 0 Å². The van der Waals surface area contributed by atoms with Crippen molar-refractivity contribution in [3.8, 4) is 11.8 Å². The minimum atomic E-state index is -1.21. The van der Waals surface area contributed by atoms with E-state index in [1.807, 2.05) is 0 Å². The number of aliphatic hydroxyl groups excluding tert-OH is 1. The van der Waals surface area contributed by atoms with Crippen LogP contribution in [0, 0.1) is 23.0 Å². The van der Waals surface area contributed by atoms with E-state index in [0.29, 0.717) is 6.42 Å². The van der Waals surface area contributed by atoms with Crippen LogP contribution in [0.25, 0.3) is 0 Å². The summed E-state index contributed by atoms with van der Waals surface area (Å²) in [6.07, 6.45) is -0.243. The van der Waals surface area contributed by atoms with Crippen LogP contribution in [-0.2, 0) is 0 Å². The highest BCUT2D eigenvalue weighted by molar-refractivity contribution is 5.37. The van der Waals surface area contributed by atoms with Crippen LogP contribution in [0.2, 0.25) is 0 Å². The number of rotatable bonds is 4. The van der Waals surface area contributed by atoms with Crippen molar-refractivity contribution in [3.63, 3.8) is 0 Å². The smallest absolute Gasteiger partial charge is 0.201 e. The SMILES string of the molecule is CC(O)CCOc1ccc(C#N)c(F)c1F. The summed E-state index contributed by atoms with van der Waals surface area (Å²) >= 11 is 0. The molecule has 16 heavy (non-hydrogen) atoms. The van der Waals surface area contributed by atoms with Gasteiger partial charge in [0.2, 0.25) is 5.82 Å². The number of halogens is 2. The molecule has 0 saturated heterocycles. The first-order valence-corrected chi connectivity index (χ1v) is 4.75. The molecule has 1 atom stereocenters. The molecule has 1 aromatic carbocycles. The Balaban J connectivity index is 2.76. The summed E-state index contributed by atoms with van der Waals surface area (Å²) in [7, 11) is 0. The number of hydrogen-bond donors (Lipinski definition) is 1. The first-order chi connectivity index (χ1) is 7.56. The molecule has 0 spiro atoms. The molecule has 0 heterocycles. The Labute approximate surface area is 91.9 Å². The second kappa shape index (κ2) is 5.42. The lowest BCUT2D eigenvalue weighted by atomic mass is 10.2. The van der Waals surface area contributed by atoms with Crippen LogP contribution in [-0.4, -0.2) is 17.8 Å². The van der Waals surface area contributed by atoms with Gasteiger partial charge < -0.3 is 9.84 Å². The van der Waals surface area contributed by atoms with E-state index in [9.17, 15) is 8.78 Å². The highest BCUT2D eigenvalue weighted by Crippen LogP contribution is 2.22. The zero-order valence-corrected chi connectivity index (χ0v) is 8.70. The van der Waals surface area contributed by atoms with Crippen molar-refractivity contribution in [3.05, 3.63) is 29.3 Å². The van der Waals surface area contributed by atoms with Gasteiger partial charge >= 0.3 is 0 Å². The molecule has 0 aromatic heterocycles. The third-order valence-electron chi connectivity index (χ3n) is 1.96. The van der Waals surface area contributed by atoms with E-state index in [0.717, 1.165) is 6.07 Å². The molecule has 0 amide bonds. The summed E-state index contributed by atoms with van der Waals surface area (Å²) in [6.45, 7) is 1.65. The van der Waals surface area contributed by atoms with Crippen molar-refractivity contribution in [1.29, 1.82) is 5.26 Å². The summed E-state index contributed by atoms with van der Waals surface area (Å²) in [6, 6.07) is 3.87. The standard InChI is InChI=1S/C11H11F2NO2/c1-7(15)4-5-16-9-3-2-8(6-14)10(12)11(9)13/h2-3,7,15H,4-5H2,1H3. The topological polar surface area (TPSA) is 53.2 Å². The van der Waals surface area contributed by atoms with Crippen molar-refractivity contribution in [2.75, 3.05) is 6.61 Å². The summed E-state index contributed by atoms with van der Waals surface area (Å²) in [4.78, 5) is 0. The molecule has 1 unspecified atom stereocenters. The van der Waals surface area contributed by atoms with Crippen LogP contribution in [0.15, 0.2) is 12.1 Å². The molecule has 0 saturated carbocycles. The van der Waals surface area contributed by atoms with Gasteiger partial charge in [-0.1, -0.05) is 0 Å². The maximum atomic E-state index is 13.3. The van der Waals surface area contributed by atoms with E-state index >= 15 is 0 Å². The maximum Gasteiger partial charge on any atom is 0.201 e. The quantitative estimate of drug-likeness (QED) is 0.855. The average Bonchev–Trinajstić information content (AvgIpc) is 2.24. The molecule has 0 aliphatic heterocycles. The molecular formula is C11H11F2NO2. The number of benzene rings is 1. The predicted octanol–water partition coefficient (Wildman–Crippen LogP) is 1.99. The molecule has 3 nitrogen and oxygen atoms in total. The van der Waals surface area contributed by atoms with E-state index in [2.05, 4.69) is 0 Å². The molecule has 1 N–H and O–H groups in total. The minimum absolute atomic E-state index is 0.0833. The highest BCUT2D eigenvalue weighted by Gasteiger charge is 2.14. The van der Waals surface area contributed by atoms with Crippen LogP contribution >= 0.6 is 0 Å². The molecule has 86 valence electrons. The maximum absolute atomic E-state index is 13.3. The zero-order chi connectivity index (χ0) is 12.1. The summed E-state index contributed by atoms with van der Waals surface area (Å²) in [5.74, 6) is -2.64. The number of nitrogens with zero attached hydrogens (tertiary/aromatic N) is 1. The molecule has 5 heteroatoms. The first-order valence-electron chi connectivity index (χ1n) is 4.75. The summed E-state index contributed by atoms with van der Waals surface area (Å²) in [5.41, 5.74) is -0.361. The Morgan fingerprint density at radius 2 is 2.12 bits per heavy atom. The van der Waals surface area contributed by atoms with E-state index in [4.69, 9.17) is 15.1 Å². The molecule has 0 fully saturated rings. The minimum Gasteiger partial charge on any atom is -0.490 e. The number of nitriles is 1. The normalized spacial score (nSPS) is 11.9. The molecule has 0 bridgehead atoms. The Hall–Kier alpha value is -1.67. The molecule has 1 aromatic rings. The molecule has 1 rings (SSSR count). The lowest BCUT2D eigenvalue weighted by Gasteiger charge is -2.09. The third-order valence-corrected chi connectivity index (χ3v) is 1.96. The average molecular weight is 227 g/mol. The van der Waals surface area contributed by atoms with Crippen molar-refractivity contribution in [2.45, 2.75) is 19.4 Å². The fourth-order valence-corrected chi connectivity index (χ4v) is 1.07. The summed E-state index contributed by atoms with van der Waals surface area (Å²) < 4.78 is 31.3. The van der Waals surface area contributed by atoms with Gasteiger partial charge in [-0.15, -0.1) is 0 Å². The van der Waals surface area contributed by atoms with Gasteiger partial charge in [-0.05, 0) is 19.1 Å². The second-order valence-electron chi connectivity index (χ2n) is 3.34. The van der Waals surface area contributed by atoms with E-state index in [1.54, 1.807) is 6.92 Å². The number of aliphatic hydroxyl groups is 1. The molecular weight excluding hydrogens is 216 g/mol. The van der Waals surface area contributed by atoms with E-state index < -0.39 is 17.7 Å². The van der Waals surface area contributed by atoms with Gasteiger partial charge in [-0.3, -0.25) is 0 Å². The lowest BCUT2D eigenvalue weighted by Crippen LogP contribution is -2.08. The van der Waals surface area contributed by atoms with Gasteiger partial charge in [0.25, 0.3) is 0 Å². The monoisotopic (exact) mass is 227 g/mol.